The summed E-state index contributed by atoms with van der Waals surface area (Å²) in [6.07, 6.45) is 0. The third-order valence-electron chi connectivity index (χ3n) is 3.76. The number of hydrogen-bond donors (Lipinski definition) is 3. The van der Waals surface area contributed by atoms with E-state index in [9.17, 15) is 10.2 Å². The Bertz CT molecular complexity index is 1050. The smallest absolute Gasteiger partial charge is 0.187 e. The van der Waals surface area contributed by atoms with E-state index in [1.54, 1.807) is 17.4 Å². The van der Waals surface area contributed by atoms with Gasteiger partial charge in [-0.25, -0.2) is 9.97 Å². The van der Waals surface area contributed by atoms with Gasteiger partial charge >= 0.3 is 0 Å². The number of benzene rings is 2. The van der Waals surface area contributed by atoms with Crippen LogP contribution in [-0.4, -0.2) is 20.2 Å². The second kappa shape index (κ2) is 6.78. The van der Waals surface area contributed by atoms with E-state index in [-0.39, 0.29) is 11.5 Å². The van der Waals surface area contributed by atoms with Gasteiger partial charge in [0.2, 0.25) is 0 Å². The van der Waals surface area contributed by atoms with E-state index in [1.807, 2.05) is 41.9 Å². The maximum Gasteiger partial charge on any atom is 0.187 e. The number of phenolic OH excluding ortho intramolecular Hbond substituents is 2. The van der Waals surface area contributed by atoms with Crippen LogP contribution in [0.1, 0.15) is 5.69 Å². The van der Waals surface area contributed by atoms with E-state index in [4.69, 9.17) is 0 Å². The molecule has 5 nitrogen and oxygen atoms in total. The second-order valence-corrected chi connectivity index (χ2v) is 7.45. The second-order valence-electron chi connectivity index (χ2n) is 5.74. The number of rotatable bonds is 4. The fourth-order valence-electron chi connectivity index (χ4n) is 2.50. The lowest BCUT2D eigenvalue weighted by molar-refractivity contribution is 0.452. The van der Waals surface area contributed by atoms with Gasteiger partial charge in [-0.3, -0.25) is 0 Å². The van der Waals surface area contributed by atoms with Crippen LogP contribution in [0, 0.1) is 6.92 Å². The Labute approximate surface area is 158 Å². The van der Waals surface area contributed by atoms with Gasteiger partial charge in [0.05, 0.1) is 11.4 Å². The first kappa shape index (κ1) is 16.6. The molecule has 0 atom stereocenters. The highest BCUT2D eigenvalue weighted by Crippen LogP contribution is 2.35. The summed E-state index contributed by atoms with van der Waals surface area (Å²) in [5, 5.41) is 28.3. The molecule has 0 aliphatic carbocycles. The van der Waals surface area contributed by atoms with Crippen molar-refractivity contribution in [3.05, 3.63) is 58.9 Å². The zero-order chi connectivity index (χ0) is 18.1. The van der Waals surface area contributed by atoms with Gasteiger partial charge in [-0.15, -0.1) is 22.7 Å². The van der Waals surface area contributed by atoms with Gasteiger partial charge in [0.15, 0.2) is 5.13 Å². The Morgan fingerprint density at radius 3 is 2.42 bits per heavy atom. The van der Waals surface area contributed by atoms with Crippen molar-refractivity contribution in [3.8, 4) is 33.3 Å². The Morgan fingerprint density at radius 2 is 1.73 bits per heavy atom. The molecule has 0 aliphatic heterocycles. The molecule has 130 valence electrons. The molecular formula is C19H15N3O2S2. The minimum atomic E-state index is 0.0140. The minimum absolute atomic E-state index is 0.0140. The number of hydrogen-bond acceptors (Lipinski definition) is 7. The zero-order valence-corrected chi connectivity index (χ0v) is 15.4. The lowest BCUT2D eigenvalue weighted by Gasteiger charge is -2.04. The van der Waals surface area contributed by atoms with Crippen LogP contribution in [0.3, 0.4) is 0 Å². The molecule has 2 aromatic carbocycles. The summed E-state index contributed by atoms with van der Waals surface area (Å²) in [5.41, 5.74) is 4.25. The number of nitrogens with zero attached hydrogens (tertiary/aromatic N) is 2. The number of aromatic hydroxyl groups is 2. The van der Waals surface area contributed by atoms with Crippen LogP contribution in [0.5, 0.6) is 11.5 Å². The van der Waals surface area contributed by atoms with Crippen molar-refractivity contribution in [2.45, 2.75) is 6.92 Å². The van der Waals surface area contributed by atoms with Gasteiger partial charge in [-0.1, -0.05) is 0 Å². The lowest BCUT2D eigenvalue weighted by Crippen LogP contribution is -1.89. The van der Waals surface area contributed by atoms with E-state index >= 15 is 0 Å². The van der Waals surface area contributed by atoms with Crippen LogP contribution in [-0.2, 0) is 0 Å². The van der Waals surface area contributed by atoms with Crippen molar-refractivity contribution < 1.29 is 10.2 Å². The summed E-state index contributed by atoms with van der Waals surface area (Å²) in [5.74, 6) is 0.0420. The highest BCUT2D eigenvalue weighted by molar-refractivity contribution is 7.14. The monoisotopic (exact) mass is 381 g/mol. The number of aromatic nitrogens is 2. The molecular weight excluding hydrogens is 366 g/mol. The van der Waals surface area contributed by atoms with Crippen LogP contribution in [0.4, 0.5) is 10.8 Å². The van der Waals surface area contributed by atoms with E-state index < -0.39 is 0 Å². The molecule has 0 saturated heterocycles. The first-order valence-corrected chi connectivity index (χ1v) is 9.62. The summed E-state index contributed by atoms with van der Waals surface area (Å²) >= 11 is 3.08. The van der Waals surface area contributed by atoms with E-state index in [1.165, 1.54) is 23.5 Å². The third-order valence-corrected chi connectivity index (χ3v) is 5.53. The molecule has 0 bridgehead atoms. The van der Waals surface area contributed by atoms with Crippen molar-refractivity contribution in [2.24, 2.45) is 0 Å². The van der Waals surface area contributed by atoms with Crippen LogP contribution in [0.15, 0.2) is 53.2 Å². The van der Waals surface area contributed by atoms with Crippen molar-refractivity contribution in [2.75, 3.05) is 5.32 Å². The standard InChI is InChI=1S/C19H15N3O2S2/c1-11-9-26-19(20-11)21-13-4-2-12(3-5-13)18-22-16(10-25-18)15-7-6-14(23)8-17(15)24/h2-10,23-24H,1H3,(H,20,21). The third kappa shape index (κ3) is 3.40. The lowest BCUT2D eigenvalue weighted by atomic mass is 10.1. The Balaban J connectivity index is 1.55. The maximum atomic E-state index is 9.99. The number of thiazole rings is 2. The Kier molecular flexibility index (Phi) is 4.32. The summed E-state index contributed by atoms with van der Waals surface area (Å²) in [6, 6.07) is 12.5. The van der Waals surface area contributed by atoms with E-state index in [0.717, 1.165) is 27.1 Å². The number of nitrogens with one attached hydrogen (secondary N) is 1. The molecule has 0 aliphatic rings. The highest BCUT2D eigenvalue weighted by atomic mass is 32.1. The normalized spacial score (nSPS) is 10.8. The van der Waals surface area contributed by atoms with Crippen molar-refractivity contribution >= 4 is 33.5 Å². The average molecular weight is 381 g/mol. The van der Waals surface area contributed by atoms with Crippen LogP contribution >= 0.6 is 22.7 Å². The van der Waals surface area contributed by atoms with Crippen LogP contribution in [0.25, 0.3) is 21.8 Å². The van der Waals surface area contributed by atoms with Gasteiger partial charge in [-0.2, -0.15) is 0 Å². The molecule has 2 heterocycles. The maximum absolute atomic E-state index is 9.99. The average Bonchev–Trinajstić information content (AvgIpc) is 3.25. The van der Waals surface area contributed by atoms with E-state index in [2.05, 4.69) is 15.3 Å². The predicted molar refractivity (Wildman–Crippen MR) is 106 cm³/mol. The summed E-state index contributed by atoms with van der Waals surface area (Å²) in [4.78, 5) is 9.00. The largest absolute Gasteiger partial charge is 0.508 e. The van der Waals surface area contributed by atoms with Crippen LogP contribution in [0.2, 0.25) is 0 Å². The number of anilines is 2. The van der Waals surface area contributed by atoms with Gasteiger partial charge < -0.3 is 15.5 Å². The molecule has 4 rings (SSSR count). The highest BCUT2D eigenvalue weighted by Gasteiger charge is 2.11. The summed E-state index contributed by atoms with van der Waals surface area (Å²) in [6.45, 7) is 1.97. The van der Waals surface area contributed by atoms with Crippen molar-refractivity contribution in [3.63, 3.8) is 0 Å². The molecule has 0 fully saturated rings. The first-order valence-electron chi connectivity index (χ1n) is 7.86. The number of aryl methyl sites for hydroxylation is 1. The molecule has 0 amide bonds. The fraction of sp³-hybridized carbons (Fsp3) is 0.0526. The molecule has 4 aromatic rings. The molecule has 2 aromatic heterocycles. The molecule has 0 saturated carbocycles. The quantitative estimate of drug-likeness (QED) is 0.441. The summed E-state index contributed by atoms with van der Waals surface area (Å²) < 4.78 is 0. The summed E-state index contributed by atoms with van der Waals surface area (Å²) in [7, 11) is 0. The predicted octanol–water partition coefficient (Wildman–Crippen LogP) is 5.40. The topological polar surface area (TPSA) is 78.3 Å². The Hall–Kier alpha value is -2.90. The van der Waals surface area contributed by atoms with Crippen molar-refractivity contribution in [1.82, 2.24) is 9.97 Å². The first-order chi connectivity index (χ1) is 12.6. The van der Waals surface area contributed by atoms with Gasteiger partial charge in [-0.05, 0) is 43.3 Å². The molecule has 0 unspecified atom stereocenters. The van der Waals surface area contributed by atoms with Gasteiger partial charge in [0.1, 0.15) is 16.5 Å². The zero-order valence-electron chi connectivity index (χ0n) is 13.8. The van der Waals surface area contributed by atoms with Gasteiger partial charge in [0, 0.05) is 33.6 Å². The SMILES string of the molecule is Cc1csc(Nc2ccc(-c3nc(-c4ccc(O)cc4O)cs3)cc2)n1. The number of phenols is 2. The Morgan fingerprint density at radius 1 is 0.923 bits per heavy atom. The molecule has 0 spiro atoms. The molecule has 3 N–H and O–H groups in total. The van der Waals surface area contributed by atoms with Crippen molar-refractivity contribution in [1.29, 1.82) is 0 Å². The van der Waals surface area contributed by atoms with Crippen LogP contribution < -0.4 is 5.32 Å². The molecule has 26 heavy (non-hydrogen) atoms. The van der Waals surface area contributed by atoms with Gasteiger partial charge in [0.25, 0.3) is 0 Å². The fourth-order valence-corrected chi connectivity index (χ4v) is 4.03. The van der Waals surface area contributed by atoms with E-state index in [0.29, 0.717) is 11.3 Å². The molecule has 7 heteroatoms. The minimum Gasteiger partial charge on any atom is -0.508 e. The molecule has 0 radical (unpaired) electrons.